The Morgan fingerprint density at radius 1 is 1.44 bits per heavy atom. The van der Waals surface area contributed by atoms with Crippen LogP contribution in [0.2, 0.25) is 0 Å². The maximum Gasteiger partial charge on any atom is 0.320 e. The summed E-state index contributed by atoms with van der Waals surface area (Å²) in [6.07, 6.45) is 2.71. The van der Waals surface area contributed by atoms with Crippen LogP contribution in [0.5, 0.6) is 0 Å². The zero-order chi connectivity index (χ0) is 12.0. The maximum absolute atomic E-state index is 10.5. The van der Waals surface area contributed by atoms with Gasteiger partial charge in [0.05, 0.1) is 6.26 Å². The van der Waals surface area contributed by atoms with Crippen molar-refractivity contribution in [3.8, 4) is 0 Å². The number of carbonyl (C=O) groups is 1. The fourth-order valence-corrected chi connectivity index (χ4v) is 2.94. The Morgan fingerprint density at radius 3 is 2.62 bits per heavy atom. The average Bonchev–Trinajstić information content (AvgIpc) is 2.27. The van der Waals surface area contributed by atoms with Gasteiger partial charge in [-0.1, -0.05) is 30.3 Å². The number of hydrogen-bond donors (Lipinski definition) is 2. The molecular formula is C12H18NO2S+. The molecule has 3 nitrogen and oxygen atoms in total. The summed E-state index contributed by atoms with van der Waals surface area (Å²) >= 11 is 0. The second kappa shape index (κ2) is 6.55. The molecule has 0 bridgehead atoms. The lowest BCUT2D eigenvalue weighted by atomic mass is 10.2. The van der Waals surface area contributed by atoms with Crippen molar-refractivity contribution < 1.29 is 9.90 Å². The third-order valence-corrected chi connectivity index (χ3v) is 4.11. The molecule has 3 N–H and O–H groups in total. The summed E-state index contributed by atoms with van der Waals surface area (Å²) in [7, 11) is 0.199. The summed E-state index contributed by atoms with van der Waals surface area (Å²) in [6, 6.07) is 9.52. The zero-order valence-corrected chi connectivity index (χ0v) is 10.2. The van der Waals surface area contributed by atoms with Gasteiger partial charge >= 0.3 is 5.97 Å². The molecule has 1 rings (SSSR count). The van der Waals surface area contributed by atoms with Gasteiger partial charge in [0.2, 0.25) is 0 Å². The van der Waals surface area contributed by atoms with E-state index in [1.165, 1.54) is 5.56 Å². The van der Waals surface area contributed by atoms with E-state index in [-0.39, 0.29) is 10.9 Å². The van der Waals surface area contributed by atoms with Crippen LogP contribution in [-0.2, 0) is 21.4 Å². The number of rotatable bonds is 6. The fourth-order valence-electron chi connectivity index (χ4n) is 1.38. The molecular weight excluding hydrogens is 222 g/mol. The summed E-state index contributed by atoms with van der Waals surface area (Å²) in [5, 5.41) is 8.66. The zero-order valence-electron chi connectivity index (χ0n) is 9.43. The van der Waals surface area contributed by atoms with Crippen LogP contribution in [0.15, 0.2) is 30.3 Å². The summed E-state index contributed by atoms with van der Waals surface area (Å²) in [5.41, 5.74) is 6.77. The third kappa shape index (κ3) is 4.68. The van der Waals surface area contributed by atoms with Gasteiger partial charge in [-0.3, -0.25) is 4.79 Å². The molecule has 0 aromatic heterocycles. The molecule has 16 heavy (non-hydrogen) atoms. The fraction of sp³-hybridized carbons (Fsp3) is 0.417. The van der Waals surface area contributed by atoms with Crippen molar-refractivity contribution in [2.24, 2.45) is 5.73 Å². The van der Waals surface area contributed by atoms with Crippen LogP contribution >= 0.6 is 0 Å². The van der Waals surface area contributed by atoms with E-state index >= 15 is 0 Å². The monoisotopic (exact) mass is 240 g/mol. The van der Waals surface area contributed by atoms with E-state index in [0.29, 0.717) is 6.42 Å². The molecule has 0 radical (unpaired) electrons. The Balaban J connectivity index is 2.31. The predicted octanol–water partition coefficient (Wildman–Crippen LogP) is 1.24. The summed E-state index contributed by atoms with van der Waals surface area (Å²) in [4.78, 5) is 10.5. The SMILES string of the molecule is C[S+](CC[C@H](N)C(=O)O)Cc1ccccc1. The minimum Gasteiger partial charge on any atom is -0.480 e. The lowest BCUT2D eigenvalue weighted by Crippen LogP contribution is -2.32. The molecule has 0 amide bonds. The van der Waals surface area contributed by atoms with Gasteiger partial charge in [-0.2, -0.15) is 0 Å². The Kier molecular flexibility index (Phi) is 5.35. The molecule has 88 valence electrons. The van der Waals surface area contributed by atoms with Crippen LogP contribution in [-0.4, -0.2) is 29.1 Å². The van der Waals surface area contributed by atoms with Gasteiger partial charge < -0.3 is 10.8 Å². The van der Waals surface area contributed by atoms with Crippen LogP contribution in [0.4, 0.5) is 0 Å². The first-order valence-electron chi connectivity index (χ1n) is 5.21. The lowest BCUT2D eigenvalue weighted by Gasteiger charge is -2.06. The Labute approximate surface area is 99.0 Å². The Bertz CT molecular complexity index is 329. The number of hydrogen-bond acceptors (Lipinski definition) is 2. The van der Waals surface area contributed by atoms with Gasteiger partial charge in [-0.15, -0.1) is 0 Å². The van der Waals surface area contributed by atoms with E-state index in [4.69, 9.17) is 10.8 Å². The third-order valence-electron chi connectivity index (χ3n) is 2.35. The van der Waals surface area contributed by atoms with Crippen molar-refractivity contribution in [3.63, 3.8) is 0 Å². The van der Waals surface area contributed by atoms with E-state index in [0.717, 1.165) is 11.5 Å². The molecule has 1 unspecified atom stereocenters. The van der Waals surface area contributed by atoms with Crippen LogP contribution < -0.4 is 5.73 Å². The largest absolute Gasteiger partial charge is 0.480 e. The first kappa shape index (κ1) is 13.1. The minimum absolute atomic E-state index is 0.199. The van der Waals surface area contributed by atoms with Gasteiger partial charge in [0.15, 0.2) is 0 Å². The molecule has 1 aromatic rings. The first-order chi connectivity index (χ1) is 7.59. The molecule has 0 fully saturated rings. The van der Waals surface area contributed by atoms with E-state index < -0.39 is 12.0 Å². The quantitative estimate of drug-likeness (QED) is 0.735. The highest BCUT2D eigenvalue weighted by Gasteiger charge is 2.18. The van der Waals surface area contributed by atoms with Crippen LogP contribution in [0.25, 0.3) is 0 Å². The second-order valence-electron chi connectivity index (χ2n) is 3.85. The highest BCUT2D eigenvalue weighted by molar-refractivity contribution is 7.95. The van der Waals surface area contributed by atoms with Gasteiger partial charge in [0.1, 0.15) is 17.5 Å². The van der Waals surface area contributed by atoms with Crippen molar-refractivity contribution in [1.29, 1.82) is 0 Å². The second-order valence-corrected chi connectivity index (χ2v) is 6.11. The number of benzene rings is 1. The summed E-state index contributed by atoms with van der Waals surface area (Å²) in [5.74, 6) is 0.979. The normalized spacial score (nSPS) is 14.4. The lowest BCUT2D eigenvalue weighted by molar-refractivity contribution is -0.138. The van der Waals surface area contributed by atoms with Crippen LogP contribution in [0, 0.1) is 0 Å². The molecule has 0 aliphatic carbocycles. The Morgan fingerprint density at radius 2 is 2.06 bits per heavy atom. The molecule has 0 heterocycles. The van der Waals surface area contributed by atoms with Crippen molar-refractivity contribution in [2.45, 2.75) is 18.2 Å². The van der Waals surface area contributed by atoms with E-state index in [9.17, 15) is 4.79 Å². The van der Waals surface area contributed by atoms with Gasteiger partial charge in [-0.05, 0) is 10.9 Å². The highest BCUT2D eigenvalue weighted by atomic mass is 32.2. The molecule has 0 saturated heterocycles. The molecule has 0 aliphatic rings. The summed E-state index contributed by atoms with van der Waals surface area (Å²) < 4.78 is 0. The van der Waals surface area contributed by atoms with Gasteiger partial charge in [0, 0.05) is 12.0 Å². The number of carboxylic acid groups (broad SMARTS) is 1. The summed E-state index contributed by atoms with van der Waals surface area (Å²) in [6.45, 7) is 0. The van der Waals surface area contributed by atoms with Crippen molar-refractivity contribution in [2.75, 3.05) is 12.0 Å². The number of nitrogens with two attached hydrogens (primary N) is 1. The van der Waals surface area contributed by atoms with Crippen molar-refractivity contribution in [3.05, 3.63) is 35.9 Å². The van der Waals surface area contributed by atoms with Gasteiger partial charge in [-0.25, -0.2) is 0 Å². The molecule has 4 heteroatoms. The molecule has 0 spiro atoms. The van der Waals surface area contributed by atoms with E-state index in [1.54, 1.807) is 0 Å². The molecule has 0 saturated carbocycles. The smallest absolute Gasteiger partial charge is 0.320 e. The van der Waals surface area contributed by atoms with E-state index in [2.05, 4.69) is 18.4 Å². The van der Waals surface area contributed by atoms with Crippen LogP contribution in [0.1, 0.15) is 12.0 Å². The van der Waals surface area contributed by atoms with Crippen molar-refractivity contribution >= 4 is 16.9 Å². The van der Waals surface area contributed by atoms with Crippen LogP contribution in [0.3, 0.4) is 0 Å². The topological polar surface area (TPSA) is 63.3 Å². The molecule has 1 aromatic carbocycles. The molecule has 2 atom stereocenters. The number of aliphatic carboxylic acids is 1. The first-order valence-corrected chi connectivity index (χ1v) is 7.18. The van der Waals surface area contributed by atoms with E-state index in [1.807, 2.05) is 18.2 Å². The van der Waals surface area contributed by atoms with Gasteiger partial charge in [0.25, 0.3) is 0 Å². The average molecular weight is 240 g/mol. The van der Waals surface area contributed by atoms with Crippen molar-refractivity contribution in [1.82, 2.24) is 0 Å². The maximum atomic E-state index is 10.5. The molecule has 0 aliphatic heterocycles. The standard InChI is InChI=1S/C12H17NO2S/c1-16(8-7-11(13)12(14)15)9-10-5-3-2-4-6-10/h2-6,11H,7-9,13H2,1H3/p+1/t11-,16?/m0/s1. The highest BCUT2D eigenvalue weighted by Crippen LogP contribution is 2.08. The predicted molar refractivity (Wildman–Crippen MR) is 68.5 cm³/mol. The number of carboxylic acids is 1. The minimum atomic E-state index is -0.906. The Hall–Kier alpha value is -1.00.